The van der Waals surface area contributed by atoms with E-state index in [-0.39, 0.29) is 77.8 Å². The van der Waals surface area contributed by atoms with Crippen LogP contribution in [0.3, 0.4) is 0 Å². The van der Waals surface area contributed by atoms with Crippen LogP contribution in [0.5, 0.6) is 0 Å². The van der Waals surface area contributed by atoms with Gasteiger partial charge in [-0.25, -0.2) is 12.1 Å². The Morgan fingerprint density at radius 3 is 1.78 bits per heavy atom. The summed E-state index contributed by atoms with van der Waals surface area (Å²) in [7, 11) is 0. The molecular formula is C26H43Hf-9. The van der Waals surface area contributed by atoms with Crippen molar-refractivity contribution < 1.29 is 25.8 Å². The summed E-state index contributed by atoms with van der Waals surface area (Å²) in [5.74, 6) is 0. The molecule has 0 heterocycles. The second kappa shape index (κ2) is 27.3. The summed E-state index contributed by atoms with van der Waals surface area (Å²) in [5.41, 5.74) is 1.52. The first-order valence-corrected chi connectivity index (χ1v) is 7.22. The Bertz CT molecular complexity index is 543. The maximum atomic E-state index is 2.28. The first-order valence-electron chi connectivity index (χ1n) is 7.22. The van der Waals surface area contributed by atoms with Crippen molar-refractivity contribution in [1.82, 2.24) is 0 Å². The average molecular weight is 534 g/mol. The molecule has 1 heteroatoms. The van der Waals surface area contributed by atoms with Crippen LogP contribution in [0.25, 0.3) is 10.8 Å². The van der Waals surface area contributed by atoms with Crippen molar-refractivity contribution in [3.63, 3.8) is 0 Å². The van der Waals surface area contributed by atoms with Gasteiger partial charge in [-0.05, 0) is 0 Å². The van der Waals surface area contributed by atoms with Crippen LogP contribution in [-0.2, 0) is 32.3 Å². The van der Waals surface area contributed by atoms with Gasteiger partial charge in [-0.15, -0.1) is 40.6 Å². The van der Waals surface area contributed by atoms with E-state index in [1.165, 1.54) is 42.0 Å². The van der Waals surface area contributed by atoms with Crippen LogP contribution >= 0.6 is 0 Å². The standard InChI is InChI=1S/C14H17.C5H5.7CH3.Hf/c1-2-3-4-7-12-10-11-13-8-5-6-9-14(12)13;1-2-4-5-3-1;;;;;;;;/h5-6,8-11H,2-4,7H2,1H3;1-5H;7*1H3;/q9*-1;. The fraction of sp³-hybridized carbons (Fsp3) is 0.192. The number of fused-ring (bicyclic) bond motifs is 1. The molecule has 27 heavy (non-hydrogen) atoms. The van der Waals surface area contributed by atoms with Crippen LogP contribution in [-0.4, -0.2) is 0 Å². The molecule has 0 bridgehead atoms. The topological polar surface area (TPSA) is 0 Å². The van der Waals surface area contributed by atoms with E-state index in [4.69, 9.17) is 0 Å². The first-order chi connectivity index (χ1) is 9.42. The van der Waals surface area contributed by atoms with Gasteiger partial charge in [-0.3, -0.25) is 0 Å². The number of unbranched alkanes of at least 4 members (excludes halogenated alkanes) is 2. The van der Waals surface area contributed by atoms with Crippen molar-refractivity contribution in [2.45, 2.75) is 32.6 Å². The number of hydrogen-bond donors (Lipinski definition) is 0. The van der Waals surface area contributed by atoms with Gasteiger partial charge in [0.2, 0.25) is 0 Å². The molecule has 0 saturated carbocycles. The monoisotopic (exact) mass is 535 g/mol. The average Bonchev–Trinajstić information content (AvgIpc) is 3.12. The van der Waals surface area contributed by atoms with Gasteiger partial charge < -0.3 is 52.0 Å². The van der Waals surface area contributed by atoms with Gasteiger partial charge in [0.1, 0.15) is 0 Å². The Hall–Kier alpha value is -0.950. The quantitative estimate of drug-likeness (QED) is 0.178. The molecule has 160 valence electrons. The van der Waals surface area contributed by atoms with Gasteiger partial charge in [-0.2, -0.15) is 24.3 Å². The molecule has 0 aromatic heterocycles. The molecule has 3 aromatic rings. The van der Waals surface area contributed by atoms with Gasteiger partial charge in [-0.1, -0.05) is 38.7 Å². The summed E-state index contributed by atoms with van der Waals surface area (Å²) in [6, 6.07) is 23.2. The molecule has 0 saturated heterocycles. The van der Waals surface area contributed by atoms with Gasteiger partial charge in [0, 0.05) is 25.8 Å². The van der Waals surface area contributed by atoms with E-state index in [0.29, 0.717) is 0 Å². The fourth-order valence-corrected chi connectivity index (χ4v) is 2.32. The first kappa shape index (κ1) is 45.0. The van der Waals surface area contributed by atoms with Crippen molar-refractivity contribution in [2.75, 3.05) is 0 Å². The molecule has 0 fully saturated rings. The van der Waals surface area contributed by atoms with E-state index in [0.717, 1.165) is 0 Å². The van der Waals surface area contributed by atoms with Crippen molar-refractivity contribution in [1.29, 1.82) is 0 Å². The molecule has 0 N–H and O–H groups in total. The third-order valence-electron chi connectivity index (χ3n) is 3.38. The minimum Gasteiger partial charge on any atom is -0.358 e. The summed E-state index contributed by atoms with van der Waals surface area (Å²) in [6.45, 7) is 2.25. The predicted molar refractivity (Wildman–Crippen MR) is 130 cm³/mol. The van der Waals surface area contributed by atoms with Gasteiger partial charge in [0.05, 0.1) is 0 Å². The zero-order valence-corrected chi connectivity index (χ0v) is 22.8. The number of aryl methyl sites for hydroxylation is 1. The predicted octanol–water partition coefficient (Wildman–Crippen LogP) is 8.85. The molecule has 0 radical (unpaired) electrons. The van der Waals surface area contributed by atoms with Gasteiger partial charge in [0.15, 0.2) is 0 Å². The second-order valence-corrected chi connectivity index (χ2v) is 4.87. The van der Waals surface area contributed by atoms with Crippen LogP contribution in [0, 0.1) is 52.0 Å². The summed E-state index contributed by atoms with van der Waals surface area (Å²) in [6.07, 6.45) is 5.21. The molecule has 3 aromatic carbocycles. The third-order valence-corrected chi connectivity index (χ3v) is 3.38. The molecule has 3 rings (SSSR count). The fourth-order valence-electron chi connectivity index (χ4n) is 2.32. The minimum absolute atomic E-state index is 0. The normalized spacial score (nSPS) is 7.15. The zero-order valence-electron chi connectivity index (χ0n) is 19.2. The Kier molecular flexibility index (Phi) is 45.5. The van der Waals surface area contributed by atoms with Crippen molar-refractivity contribution in [2.24, 2.45) is 0 Å². The van der Waals surface area contributed by atoms with Crippen molar-refractivity contribution in [3.8, 4) is 0 Å². The molecule has 0 unspecified atom stereocenters. The summed E-state index contributed by atoms with van der Waals surface area (Å²) < 4.78 is 0. The van der Waals surface area contributed by atoms with E-state index in [1.54, 1.807) is 0 Å². The molecule has 0 atom stereocenters. The molecule has 0 nitrogen and oxygen atoms in total. The largest absolute Gasteiger partial charge is 0.358 e. The number of benzene rings is 1. The van der Waals surface area contributed by atoms with Crippen molar-refractivity contribution in [3.05, 3.63) is 124 Å². The van der Waals surface area contributed by atoms with Gasteiger partial charge >= 0.3 is 0 Å². The summed E-state index contributed by atoms with van der Waals surface area (Å²) in [4.78, 5) is 0. The van der Waals surface area contributed by atoms with E-state index in [9.17, 15) is 0 Å². The minimum atomic E-state index is 0. The van der Waals surface area contributed by atoms with Crippen LogP contribution in [0.4, 0.5) is 0 Å². The SMILES string of the molecule is CCCCC[c-]1ccc2ccccc21.[CH3-].[CH3-].[CH3-].[CH3-].[CH3-].[CH3-].[CH3-].[Hf].c1cc[cH-]c1. The van der Waals surface area contributed by atoms with Crippen LogP contribution in [0.15, 0.2) is 66.7 Å². The van der Waals surface area contributed by atoms with E-state index < -0.39 is 0 Å². The van der Waals surface area contributed by atoms with Crippen LogP contribution < -0.4 is 0 Å². The van der Waals surface area contributed by atoms with E-state index in [2.05, 4.69) is 43.3 Å². The maximum Gasteiger partial charge on any atom is 0 e. The Morgan fingerprint density at radius 2 is 1.30 bits per heavy atom. The molecular weight excluding hydrogens is 491 g/mol. The molecule has 0 aliphatic carbocycles. The summed E-state index contributed by atoms with van der Waals surface area (Å²) >= 11 is 0. The molecule has 0 spiro atoms. The Labute approximate surface area is 192 Å². The Balaban J connectivity index is -0.0000000552. The Morgan fingerprint density at radius 1 is 0.741 bits per heavy atom. The number of hydrogen-bond acceptors (Lipinski definition) is 0. The third kappa shape index (κ3) is 15.8. The maximum absolute atomic E-state index is 2.28. The molecule has 0 aliphatic heterocycles. The molecule has 0 aliphatic rings. The van der Waals surface area contributed by atoms with E-state index >= 15 is 0 Å². The van der Waals surface area contributed by atoms with Crippen LogP contribution in [0.2, 0.25) is 0 Å². The zero-order chi connectivity index (χ0) is 13.3. The van der Waals surface area contributed by atoms with E-state index in [1.807, 2.05) is 30.3 Å². The number of rotatable bonds is 4. The second-order valence-electron chi connectivity index (χ2n) is 4.87. The van der Waals surface area contributed by atoms with Crippen LogP contribution in [0.1, 0.15) is 31.7 Å². The smallest absolute Gasteiger partial charge is 0 e. The van der Waals surface area contributed by atoms with Crippen molar-refractivity contribution >= 4 is 10.8 Å². The molecule has 0 amide bonds. The summed E-state index contributed by atoms with van der Waals surface area (Å²) in [5, 5.41) is 2.84. The van der Waals surface area contributed by atoms with Gasteiger partial charge in [0.25, 0.3) is 0 Å².